The van der Waals surface area contributed by atoms with Gasteiger partial charge < -0.3 is 15.5 Å². The van der Waals surface area contributed by atoms with E-state index in [9.17, 15) is 4.79 Å². The summed E-state index contributed by atoms with van der Waals surface area (Å²) in [5.41, 5.74) is 3.95. The zero-order chi connectivity index (χ0) is 14.8. The average Bonchev–Trinajstić information content (AvgIpc) is 2.88. The van der Waals surface area contributed by atoms with Gasteiger partial charge in [-0.15, -0.1) is 0 Å². The van der Waals surface area contributed by atoms with Gasteiger partial charge in [0.15, 0.2) is 0 Å². The fourth-order valence-corrected chi connectivity index (χ4v) is 3.59. The summed E-state index contributed by atoms with van der Waals surface area (Å²) in [6.45, 7) is 8.07. The fraction of sp³-hybridized carbons (Fsp3) is 0.588. The van der Waals surface area contributed by atoms with E-state index in [-0.39, 0.29) is 11.8 Å². The Kier molecular flexibility index (Phi) is 4.15. The molecule has 0 aliphatic carbocycles. The molecular formula is C17H25N3O. The molecule has 2 N–H and O–H groups in total. The second-order valence-corrected chi connectivity index (χ2v) is 6.15. The highest BCUT2D eigenvalue weighted by atomic mass is 16.2. The summed E-state index contributed by atoms with van der Waals surface area (Å²) in [7, 11) is 0. The van der Waals surface area contributed by atoms with Crippen molar-refractivity contribution in [3.05, 3.63) is 29.3 Å². The molecule has 4 nitrogen and oxygen atoms in total. The molecule has 114 valence electrons. The lowest BCUT2D eigenvalue weighted by atomic mass is 9.90. The minimum Gasteiger partial charge on any atom is -0.366 e. The Bertz CT molecular complexity index is 529. The van der Waals surface area contributed by atoms with Crippen molar-refractivity contribution >= 4 is 11.6 Å². The van der Waals surface area contributed by atoms with Crippen LogP contribution in [0.1, 0.15) is 30.9 Å². The molecule has 0 bridgehead atoms. The van der Waals surface area contributed by atoms with E-state index in [0.717, 1.165) is 39.0 Å². The van der Waals surface area contributed by atoms with Crippen LogP contribution in [0.4, 0.5) is 5.69 Å². The predicted molar refractivity (Wildman–Crippen MR) is 85.4 cm³/mol. The van der Waals surface area contributed by atoms with Gasteiger partial charge in [-0.05, 0) is 49.6 Å². The number of carbonyl (C=O) groups excluding carboxylic acids is 1. The van der Waals surface area contributed by atoms with Crippen molar-refractivity contribution in [3.8, 4) is 0 Å². The van der Waals surface area contributed by atoms with Gasteiger partial charge in [0.1, 0.15) is 0 Å². The third-order valence-electron chi connectivity index (χ3n) is 4.82. The minimum absolute atomic E-state index is 0.181. The molecule has 0 radical (unpaired) electrons. The van der Waals surface area contributed by atoms with Crippen molar-refractivity contribution in [3.63, 3.8) is 0 Å². The molecule has 2 heterocycles. The van der Waals surface area contributed by atoms with Crippen LogP contribution in [0.15, 0.2) is 18.2 Å². The highest BCUT2D eigenvalue weighted by Crippen LogP contribution is 2.32. The molecule has 4 heteroatoms. The summed E-state index contributed by atoms with van der Waals surface area (Å²) >= 11 is 0. The molecule has 2 unspecified atom stereocenters. The number of rotatable bonds is 4. The molecular weight excluding hydrogens is 262 g/mol. The summed E-state index contributed by atoms with van der Waals surface area (Å²) in [5.74, 6) is 0.422. The molecule has 0 spiro atoms. The van der Waals surface area contributed by atoms with Gasteiger partial charge in [0.05, 0.1) is 12.0 Å². The predicted octanol–water partition coefficient (Wildman–Crippen LogP) is 1.82. The molecule has 2 fully saturated rings. The van der Waals surface area contributed by atoms with Crippen LogP contribution in [-0.4, -0.2) is 31.6 Å². The number of hydrogen-bond donors (Lipinski definition) is 2. The smallest absolute Gasteiger partial charge is 0.225 e. The average molecular weight is 287 g/mol. The van der Waals surface area contributed by atoms with Gasteiger partial charge in [-0.2, -0.15) is 0 Å². The van der Waals surface area contributed by atoms with Gasteiger partial charge in [0.25, 0.3) is 0 Å². The summed E-state index contributed by atoms with van der Waals surface area (Å²) in [4.78, 5) is 14.3. The first-order chi connectivity index (χ1) is 10.2. The zero-order valence-electron chi connectivity index (χ0n) is 13.0. The van der Waals surface area contributed by atoms with Crippen LogP contribution >= 0.6 is 0 Å². The van der Waals surface area contributed by atoms with Crippen molar-refractivity contribution in [2.75, 3.05) is 24.5 Å². The minimum atomic E-state index is 0.181. The Labute approximate surface area is 126 Å². The second-order valence-electron chi connectivity index (χ2n) is 6.15. The number of anilines is 1. The molecule has 1 amide bonds. The van der Waals surface area contributed by atoms with E-state index in [0.29, 0.717) is 6.04 Å². The summed E-state index contributed by atoms with van der Waals surface area (Å²) in [6, 6.07) is 7.05. The van der Waals surface area contributed by atoms with Crippen LogP contribution in [0.3, 0.4) is 0 Å². The summed E-state index contributed by atoms with van der Waals surface area (Å²) in [5, 5.41) is 6.40. The van der Waals surface area contributed by atoms with E-state index in [1.807, 2.05) is 0 Å². The van der Waals surface area contributed by atoms with Gasteiger partial charge in [-0.25, -0.2) is 0 Å². The van der Waals surface area contributed by atoms with Crippen molar-refractivity contribution < 1.29 is 4.79 Å². The highest BCUT2D eigenvalue weighted by Gasteiger charge is 2.40. The van der Waals surface area contributed by atoms with Crippen LogP contribution in [0.2, 0.25) is 0 Å². The monoisotopic (exact) mass is 287 g/mol. The summed E-state index contributed by atoms with van der Waals surface area (Å²) < 4.78 is 0. The SMILES string of the molecule is CCNCc1ccc(N2CCCC3C(=O)NCC32)cc1C. The number of piperidine rings is 1. The van der Waals surface area contributed by atoms with Gasteiger partial charge in [-0.3, -0.25) is 4.79 Å². The first-order valence-corrected chi connectivity index (χ1v) is 8.05. The Morgan fingerprint density at radius 2 is 2.29 bits per heavy atom. The summed E-state index contributed by atoms with van der Waals surface area (Å²) in [6.07, 6.45) is 2.14. The van der Waals surface area contributed by atoms with E-state index in [1.54, 1.807) is 0 Å². The molecule has 0 aromatic heterocycles. The first kappa shape index (κ1) is 14.4. The number of benzene rings is 1. The molecule has 2 aliphatic rings. The number of amides is 1. The number of carbonyl (C=O) groups is 1. The van der Waals surface area contributed by atoms with Crippen LogP contribution < -0.4 is 15.5 Å². The van der Waals surface area contributed by atoms with Gasteiger partial charge >= 0.3 is 0 Å². The van der Waals surface area contributed by atoms with Crippen molar-refractivity contribution in [1.29, 1.82) is 0 Å². The van der Waals surface area contributed by atoms with Crippen LogP contribution in [0.5, 0.6) is 0 Å². The van der Waals surface area contributed by atoms with Crippen LogP contribution in [0.25, 0.3) is 0 Å². The Morgan fingerprint density at radius 3 is 3.05 bits per heavy atom. The molecule has 1 aromatic rings. The quantitative estimate of drug-likeness (QED) is 0.888. The molecule has 0 saturated carbocycles. The van der Waals surface area contributed by atoms with E-state index < -0.39 is 0 Å². The molecule has 1 aromatic carbocycles. The van der Waals surface area contributed by atoms with Crippen LogP contribution in [-0.2, 0) is 11.3 Å². The van der Waals surface area contributed by atoms with Gasteiger partial charge in [0.2, 0.25) is 5.91 Å². The van der Waals surface area contributed by atoms with Crippen LogP contribution in [0, 0.1) is 12.8 Å². The van der Waals surface area contributed by atoms with E-state index >= 15 is 0 Å². The maximum absolute atomic E-state index is 11.9. The van der Waals surface area contributed by atoms with Crippen molar-refractivity contribution in [2.45, 2.75) is 39.3 Å². The standard InChI is InChI=1S/C17H25N3O/c1-3-18-10-13-6-7-14(9-12(13)2)20-8-4-5-15-16(20)11-19-17(15)21/h6-7,9,15-16,18H,3-5,8,10-11H2,1-2H3,(H,19,21). The Balaban J connectivity index is 1.80. The van der Waals surface area contributed by atoms with E-state index in [4.69, 9.17) is 0 Å². The maximum Gasteiger partial charge on any atom is 0.225 e. The fourth-order valence-electron chi connectivity index (χ4n) is 3.59. The normalized spacial score (nSPS) is 24.9. The second kappa shape index (κ2) is 6.06. The third-order valence-corrected chi connectivity index (χ3v) is 4.82. The first-order valence-electron chi connectivity index (χ1n) is 8.05. The molecule has 2 saturated heterocycles. The number of nitrogens with zero attached hydrogens (tertiary/aromatic N) is 1. The molecule has 2 atom stereocenters. The molecule has 2 aliphatic heterocycles. The zero-order valence-corrected chi connectivity index (χ0v) is 13.0. The number of nitrogens with one attached hydrogen (secondary N) is 2. The third kappa shape index (κ3) is 2.77. The van der Waals surface area contributed by atoms with Crippen molar-refractivity contribution in [1.82, 2.24) is 10.6 Å². The maximum atomic E-state index is 11.9. The lowest BCUT2D eigenvalue weighted by Crippen LogP contribution is -2.45. The lowest BCUT2D eigenvalue weighted by molar-refractivity contribution is -0.122. The largest absolute Gasteiger partial charge is 0.366 e. The van der Waals surface area contributed by atoms with E-state index in [1.165, 1.54) is 16.8 Å². The Hall–Kier alpha value is -1.55. The van der Waals surface area contributed by atoms with E-state index in [2.05, 4.69) is 47.6 Å². The van der Waals surface area contributed by atoms with Gasteiger partial charge in [-0.1, -0.05) is 13.0 Å². The highest BCUT2D eigenvalue weighted by molar-refractivity contribution is 5.83. The Morgan fingerprint density at radius 1 is 1.43 bits per heavy atom. The number of hydrogen-bond acceptors (Lipinski definition) is 3. The topological polar surface area (TPSA) is 44.4 Å². The molecule has 3 rings (SSSR count). The number of aryl methyl sites for hydroxylation is 1. The molecule has 21 heavy (non-hydrogen) atoms. The number of fused-ring (bicyclic) bond motifs is 1. The lowest BCUT2D eigenvalue weighted by Gasteiger charge is -2.38. The van der Waals surface area contributed by atoms with Crippen molar-refractivity contribution in [2.24, 2.45) is 5.92 Å². The van der Waals surface area contributed by atoms with Gasteiger partial charge in [0, 0.05) is 25.3 Å².